The Morgan fingerprint density at radius 1 is 0.375 bits per heavy atom. The third-order valence-electron chi connectivity index (χ3n) is 9.95. The number of aromatic nitrogens is 4. The normalized spacial score (nSPS) is 28.2. The molecule has 4 aromatic heterocycles. The number of nitrogens with one attached hydrogen (secondary N) is 4. The van der Waals surface area contributed by atoms with Crippen LogP contribution in [0.15, 0.2) is 48.5 Å². The number of hydrogen-bond acceptors (Lipinski definition) is 4. The molecular weight excluding hydrogens is 504 g/mol. The van der Waals surface area contributed by atoms with E-state index in [4.69, 9.17) is 0 Å². The van der Waals surface area contributed by atoms with E-state index in [1.54, 1.807) is 0 Å². The summed E-state index contributed by atoms with van der Waals surface area (Å²) < 4.78 is 0. The number of aromatic amines is 4. The number of aliphatic hydroxyl groups is 4. The Labute approximate surface area is 235 Å². The lowest BCUT2D eigenvalue weighted by atomic mass is 9.79. The lowest BCUT2D eigenvalue weighted by molar-refractivity contribution is 0.250. The molecule has 0 spiro atoms. The first-order valence-corrected chi connectivity index (χ1v) is 14.3. The van der Waals surface area contributed by atoms with Crippen LogP contribution in [0.25, 0.3) is 0 Å². The van der Waals surface area contributed by atoms with Gasteiger partial charge in [0.25, 0.3) is 0 Å². The number of rotatable bonds is 8. The standard InChI is InChI=1S/C32H44N4O4/c1-29(13-17-37)21-5-7-23(33-21)30(2,14-18-38)25-9-11-27(35-25)32(4,16-20-40)28-12-10-26(36-28)31(3,15-19-39)24-8-6-22(29)34-24/h5-12,33-40H,13-20H2,1-4H3. The zero-order valence-corrected chi connectivity index (χ0v) is 24.1. The molecule has 1 aliphatic heterocycles. The van der Waals surface area contributed by atoms with Gasteiger partial charge in [0, 0.05) is 93.6 Å². The summed E-state index contributed by atoms with van der Waals surface area (Å²) in [4.78, 5) is 14.8. The van der Waals surface area contributed by atoms with E-state index in [0.717, 1.165) is 45.6 Å². The molecule has 0 aliphatic carbocycles. The van der Waals surface area contributed by atoms with Crippen LogP contribution in [0, 0.1) is 0 Å². The molecule has 0 saturated carbocycles. The summed E-state index contributed by atoms with van der Waals surface area (Å²) in [6.45, 7) is 8.59. The van der Waals surface area contributed by atoms with Gasteiger partial charge in [-0.05, 0) is 102 Å². The molecule has 8 N–H and O–H groups in total. The SMILES string of the molecule is CC1(CCO)c2ccc([nH]2)C(C)(CCO)c2ccc([nH]2)C(C)(CCO)c2ccc([nH]2)C(C)(CCO)c2ccc1[nH]2. The fourth-order valence-electron chi connectivity index (χ4n) is 6.71. The molecule has 5 heterocycles. The first kappa shape index (κ1) is 28.5. The Morgan fingerprint density at radius 3 is 0.650 bits per heavy atom. The van der Waals surface area contributed by atoms with Crippen molar-refractivity contribution >= 4 is 0 Å². The van der Waals surface area contributed by atoms with Gasteiger partial charge in [0.2, 0.25) is 0 Å². The van der Waals surface area contributed by atoms with Gasteiger partial charge in [-0.25, -0.2) is 0 Å². The number of H-pyrrole nitrogens is 4. The van der Waals surface area contributed by atoms with Gasteiger partial charge in [-0.1, -0.05) is 0 Å². The van der Waals surface area contributed by atoms with Crippen molar-refractivity contribution in [2.24, 2.45) is 0 Å². The molecule has 0 amide bonds. The van der Waals surface area contributed by atoms with Gasteiger partial charge in [0.05, 0.1) is 0 Å². The Hall–Kier alpha value is -3.04. The average molecular weight is 549 g/mol. The van der Waals surface area contributed by atoms with Crippen LogP contribution >= 0.6 is 0 Å². The second kappa shape index (κ2) is 10.4. The summed E-state index contributed by atoms with van der Waals surface area (Å²) in [5.41, 5.74) is 5.71. The highest BCUT2D eigenvalue weighted by Gasteiger charge is 2.40. The highest BCUT2D eigenvalue weighted by atomic mass is 16.3. The largest absolute Gasteiger partial charge is 0.396 e. The quantitative estimate of drug-likeness (QED) is 0.168. The lowest BCUT2D eigenvalue weighted by Gasteiger charge is -2.32. The smallest absolute Gasteiger partial charge is 0.0497 e. The Balaban J connectivity index is 1.80. The summed E-state index contributed by atoms with van der Waals surface area (Å²) in [5, 5.41) is 40.5. The van der Waals surface area contributed by atoms with Crippen molar-refractivity contribution in [3.05, 3.63) is 94.1 Å². The molecule has 0 unspecified atom stereocenters. The fraction of sp³-hybridized carbons (Fsp3) is 0.500. The molecule has 0 atom stereocenters. The molecule has 216 valence electrons. The van der Waals surface area contributed by atoms with Crippen molar-refractivity contribution in [1.29, 1.82) is 0 Å². The van der Waals surface area contributed by atoms with Crippen LogP contribution in [0.2, 0.25) is 0 Å². The molecule has 0 radical (unpaired) electrons. The molecule has 4 aromatic rings. The summed E-state index contributed by atoms with van der Waals surface area (Å²) in [6.07, 6.45) is 2.05. The molecular formula is C32H44N4O4. The van der Waals surface area contributed by atoms with Crippen LogP contribution < -0.4 is 0 Å². The number of aliphatic hydroxyl groups excluding tert-OH is 4. The third kappa shape index (κ3) is 4.29. The van der Waals surface area contributed by atoms with Crippen molar-refractivity contribution < 1.29 is 20.4 Å². The van der Waals surface area contributed by atoms with E-state index in [-0.39, 0.29) is 26.4 Å². The zero-order valence-electron chi connectivity index (χ0n) is 24.1. The predicted octanol–water partition coefficient (Wildman–Crippen LogP) is 4.07. The van der Waals surface area contributed by atoms with Crippen LogP contribution in [-0.4, -0.2) is 66.8 Å². The Bertz CT molecular complexity index is 1150. The molecule has 0 saturated heterocycles. The van der Waals surface area contributed by atoms with Crippen LogP contribution in [0.1, 0.15) is 98.9 Å². The topological polar surface area (TPSA) is 144 Å². The molecule has 8 nitrogen and oxygen atoms in total. The zero-order chi connectivity index (χ0) is 28.8. The molecule has 5 rings (SSSR count). The summed E-state index contributed by atoms with van der Waals surface area (Å²) in [6, 6.07) is 16.7. The summed E-state index contributed by atoms with van der Waals surface area (Å²) >= 11 is 0. The number of hydrogen-bond donors (Lipinski definition) is 8. The fourth-order valence-corrected chi connectivity index (χ4v) is 6.71. The first-order valence-electron chi connectivity index (χ1n) is 14.3. The van der Waals surface area contributed by atoms with Crippen molar-refractivity contribution in [3.8, 4) is 0 Å². The maximum absolute atomic E-state index is 10.1. The van der Waals surface area contributed by atoms with E-state index in [9.17, 15) is 20.4 Å². The second-order valence-electron chi connectivity index (χ2n) is 12.4. The van der Waals surface area contributed by atoms with Crippen LogP contribution in [0.5, 0.6) is 0 Å². The van der Waals surface area contributed by atoms with E-state index < -0.39 is 21.7 Å². The van der Waals surface area contributed by atoms with Gasteiger partial charge in [-0.2, -0.15) is 0 Å². The summed E-state index contributed by atoms with van der Waals surface area (Å²) in [5.74, 6) is 0. The minimum absolute atomic E-state index is 0.0183. The van der Waals surface area contributed by atoms with Crippen molar-refractivity contribution in [1.82, 2.24) is 19.9 Å². The van der Waals surface area contributed by atoms with Crippen molar-refractivity contribution in [2.75, 3.05) is 26.4 Å². The second-order valence-corrected chi connectivity index (χ2v) is 12.4. The van der Waals surface area contributed by atoms with Crippen molar-refractivity contribution in [3.63, 3.8) is 0 Å². The summed E-state index contributed by atoms with van der Waals surface area (Å²) in [7, 11) is 0. The minimum atomic E-state index is -0.524. The molecule has 0 fully saturated rings. The molecule has 8 bridgehead atoms. The van der Waals surface area contributed by atoms with Gasteiger partial charge in [0.1, 0.15) is 0 Å². The highest BCUT2D eigenvalue weighted by molar-refractivity contribution is 5.44. The monoisotopic (exact) mass is 548 g/mol. The van der Waals surface area contributed by atoms with E-state index in [1.165, 1.54) is 0 Å². The average Bonchev–Trinajstić information content (AvgIpc) is 3.75. The van der Waals surface area contributed by atoms with Gasteiger partial charge in [-0.15, -0.1) is 0 Å². The lowest BCUT2D eigenvalue weighted by Crippen LogP contribution is -2.31. The maximum atomic E-state index is 10.1. The molecule has 0 aromatic carbocycles. The predicted molar refractivity (Wildman–Crippen MR) is 156 cm³/mol. The van der Waals surface area contributed by atoms with Crippen LogP contribution in [-0.2, 0) is 21.7 Å². The van der Waals surface area contributed by atoms with Crippen molar-refractivity contribution in [2.45, 2.75) is 75.0 Å². The first-order chi connectivity index (χ1) is 19.1. The van der Waals surface area contributed by atoms with E-state index in [2.05, 4.69) is 96.2 Å². The molecule has 8 heteroatoms. The van der Waals surface area contributed by atoms with Gasteiger partial charge in [0.15, 0.2) is 0 Å². The van der Waals surface area contributed by atoms with Gasteiger partial charge < -0.3 is 40.4 Å². The van der Waals surface area contributed by atoms with Crippen LogP contribution in [0.4, 0.5) is 0 Å². The van der Waals surface area contributed by atoms with E-state index in [0.29, 0.717) is 25.7 Å². The number of fused-ring (bicyclic) bond motifs is 8. The molecule has 1 aliphatic rings. The Kier molecular flexibility index (Phi) is 7.42. The van der Waals surface area contributed by atoms with E-state index >= 15 is 0 Å². The van der Waals surface area contributed by atoms with Gasteiger partial charge in [-0.3, -0.25) is 0 Å². The van der Waals surface area contributed by atoms with E-state index in [1.807, 2.05) is 0 Å². The van der Waals surface area contributed by atoms with Crippen LogP contribution in [0.3, 0.4) is 0 Å². The highest BCUT2D eigenvalue weighted by Crippen LogP contribution is 2.44. The Morgan fingerprint density at radius 2 is 0.525 bits per heavy atom. The maximum Gasteiger partial charge on any atom is 0.0497 e. The van der Waals surface area contributed by atoms with Gasteiger partial charge >= 0.3 is 0 Å². The minimum Gasteiger partial charge on any atom is -0.396 e. The molecule has 40 heavy (non-hydrogen) atoms. The third-order valence-corrected chi connectivity index (χ3v) is 9.95.